The Bertz CT molecular complexity index is 1680. The predicted molar refractivity (Wildman–Crippen MR) is 354 cm³/mol. The molecule has 1 fully saturated rings. The lowest BCUT2D eigenvalue weighted by molar-refractivity contribution is -0.302. The molecule has 9 heteroatoms. The molecule has 0 bridgehead atoms. The van der Waals surface area contributed by atoms with Crippen molar-refractivity contribution in [2.45, 2.75) is 339 Å². The molecule has 0 radical (unpaired) electrons. The molecule has 1 aliphatic heterocycles. The minimum atomic E-state index is -1.56. The van der Waals surface area contributed by atoms with Gasteiger partial charge >= 0.3 is 0 Å². The summed E-state index contributed by atoms with van der Waals surface area (Å²) in [6, 6.07) is -0.726. The summed E-state index contributed by atoms with van der Waals surface area (Å²) in [5.74, 6) is -0.146. The standard InChI is InChI=1S/C74H129NO8/c1-3-5-7-9-11-13-15-17-19-21-23-24-25-26-27-28-29-30-31-32-33-34-35-36-37-38-39-40-41-42-43-44-46-48-50-52-54-56-58-60-62-64-70(78)75-67(66-82-74-73(81)72(80)71(79)69(65-76)83-74)68(77)63-61-59-57-55-53-51-49-47-45-22-20-18-16-14-12-10-8-6-4-2/h5,7,11,13,17,19,23-24,26-27,29-30,32-33,35-36,38-39,67-69,71-74,76-77,79-81H,3-4,6,8-10,12,14-16,18,20-22,25,28,31,34,37,40-66H2,1-2H3,(H,75,78)/b7-5-,13-11-,19-17-,24-23-,27-26-,30-29-,33-32-,36-35-,39-38-. The second kappa shape index (κ2) is 61.9. The molecular formula is C74H129NO8. The quantitative estimate of drug-likeness (QED) is 0.0261. The van der Waals surface area contributed by atoms with Crippen molar-refractivity contribution in [3.63, 3.8) is 0 Å². The van der Waals surface area contributed by atoms with Crippen LogP contribution in [-0.4, -0.2) is 87.5 Å². The molecule has 0 aromatic rings. The minimum Gasteiger partial charge on any atom is -0.394 e. The lowest BCUT2D eigenvalue weighted by Gasteiger charge is -2.40. The van der Waals surface area contributed by atoms with E-state index in [0.29, 0.717) is 12.8 Å². The number of hydrogen-bond donors (Lipinski definition) is 6. The zero-order chi connectivity index (χ0) is 60.0. The maximum atomic E-state index is 13.1. The molecule has 0 aromatic heterocycles. The van der Waals surface area contributed by atoms with Crippen LogP contribution in [0.1, 0.15) is 296 Å². The second-order valence-corrected chi connectivity index (χ2v) is 23.6. The topological polar surface area (TPSA) is 149 Å². The molecule has 1 saturated heterocycles. The Morgan fingerprint density at radius 3 is 1.11 bits per heavy atom. The predicted octanol–water partition coefficient (Wildman–Crippen LogP) is 18.9. The summed E-state index contributed by atoms with van der Waals surface area (Å²) >= 11 is 0. The van der Waals surface area contributed by atoms with Crippen LogP contribution in [0.3, 0.4) is 0 Å². The van der Waals surface area contributed by atoms with E-state index in [-0.39, 0.29) is 12.5 Å². The van der Waals surface area contributed by atoms with Gasteiger partial charge in [-0.25, -0.2) is 0 Å². The number of aliphatic hydroxyl groups is 5. The van der Waals surface area contributed by atoms with Crippen LogP contribution >= 0.6 is 0 Å². The fraction of sp³-hybridized carbons (Fsp3) is 0.743. The Morgan fingerprint density at radius 2 is 0.747 bits per heavy atom. The highest BCUT2D eigenvalue weighted by Crippen LogP contribution is 2.23. The molecule has 9 nitrogen and oxygen atoms in total. The van der Waals surface area contributed by atoms with Gasteiger partial charge in [-0.2, -0.15) is 0 Å². The summed E-state index contributed by atoms with van der Waals surface area (Å²) in [6.45, 7) is 3.75. The molecule has 0 aliphatic carbocycles. The average Bonchev–Trinajstić information content (AvgIpc) is 3.61. The Kier molecular flexibility index (Phi) is 58.1. The molecule has 0 spiro atoms. The summed E-state index contributed by atoms with van der Waals surface area (Å²) in [6.07, 6.45) is 84.3. The van der Waals surface area contributed by atoms with E-state index >= 15 is 0 Å². The van der Waals surface area contributed by atoms with Crippen molar-refractivity contribution in [3.8, 4) is 0 Å². The summed E-state index contributed by atoms with van der Waals surface area (Å²) < 4.78 is 11.4. The van der Waals surface area contributed by atoms with E-state index in [2.05, 4.69) is 129 Å². The van der Waals surface area contributed by atoms with Crippen molar-refractivity contribution >= 4 is 5.91 Å². The van der Waals surface area contributed by atoms with Gasteiger partial charge < -0.3 is 40.3 Å². The van der Waals surface area contributed by atoms with Crippen molar-refractivity contribution in [3.05, 3.63) is 109 Å². The van der Waals surface area contributed by atoms with Crippen LogP contribution < -0.4 is 5.32 Å². The fourth-order valence-electron chi connectivity index (χ4n) is 10.5. The molecule has 1 amide bonds. The number of aliphatic hydroxyl groups excluding tert-OH is 5. The van der Waals surface area contributed by atoms with Crippen LogP contribution in [0.5, 0.6) is 0 Å². The lowest BCUT2D eigenvalue weighted by atomic mass is 9.99. The van der Waals surface area contributed by atoms with Crippen molar-refractivity contribution in [1.29, 1.82) is 0 Å². The molecule has 1 heterocycles. The maximum absolute atomic E-state index is 13.1. The number of carbonyl (C=O) groups excluding carboxylic acids is 1. The Hall–Kier alpha value is -3.15. The van der Waals surface area contributed by atoms with E-state index in [4.69, 9.17) is 9.47 Å². The van der Waals surface area contributed by atoms with Crippen molar-refractivity contribution in [2.75, 3.05) is 13.2 Å². The lowest BCUT2D eigenvalue weighted by Crippen LogP contribution is -2.60. The first-order valence-corrected chi connectivity index (χ1v) is 34.6. The molecular weight excluding hydrogens is 1030 g/mol. The largest absolute Gasteiger partial charge is 0.394 e. The molecule has 6 N–H and O–H groups in total. The van der Waals surface area contributed by atoms with Crippen LogP contribution in [-0.2, 0) is 14.3 Å². The summed E-state index contributed by atoms with van der Waals surface area (Å²) in [7, 11) is 0. The van der Waals surface area contributed by atoms with E-state index in [1.807, 2.05) is 0 Å². The van der Waals surface area contributed by atoms with Gasteiger partial charge in [0.05, 0.1) is 25.4 Å². The molecule has 478 valence electrons. The zero-order valence-electron chi connectivity index (χ0n) is 53.4. The molecule has 83 heavy (non-hydrogen) atoms. The average molecular weight is 1160 g/mol. The number of allylic oxidation sites excluding steroid dienone is 18. The highest BCUT2D eigenvalue weighted by molar-refractivity contribution is 5.76. The van der Waals surface area contributed by atoms with Crippen LogP contribution in [0.2, 0.25) is 0 Å². The molecule has 1 aliphatic rings. The van der Waals surface area contributed by atoms with Crippen LogP contribution in [0, 0.1) is 0 Å². The number of ether oxygens (including phenoxy) is 2. The highest BCUT2D eigenvalue weighted by Gasteiger charge is 2.44. The first kappa shape index (κ1) is 77.9. The summed E-state index contributed by atoms with van der Waals surface area (Å²) in [5, 5.41) is 54.9. The third kappa shape index (κ3) is 50.7. The van der Waals surface area contributed by atoms with Crippen LogP contribution in [0.15, 0.2) is 109 Å². The normalized spacial score (nSPS) is 19.0. The van der Waals surface area contributed by atoms with Crippen molar-refractivity contribution in [1.82, 2.24) is 5.32 Å². The Labute approximate surface area is 510 Å². The maximum Gasteiger partial charge on any atom is 0.220 e. The van der Waals surface area contributed by atoms with Gasteiger partial charge in [-0.05, 0) is 83.5 Å². The minimum absolute atomic E-state index is 0.141. The molecule has 0 saturated carbocycles. The van der Waals surface area contributed by atoms with Gasteiger partial charge in [-0.15, -0.1) is 0 Å². The second-order valence-electron chi connectivity index (χ2n) is 23.6. The number of rotatable bonds is 59. The highest BCUT2D eigenvalue weighted by atomic mass is 16.7. The fourth-order valence-corrected chi connectivity index (χ4v) is 10.5. The van der Waals surface area contributed by atoms with Gasteiger partial charge in [0, 0.05) is 6.42 Å². The Morgan fingerprint density at radius 1 is 0.422 bits per heavy atom. The van der Waals surface area contributed by atoms with E-state index in [9.17, 15) is 30.3 Å². The first-order valence-electron chi connectivity index (χ1n) is 34.6. The third-order valence-corrected chi connectivity index (χ3v) is 15.9. The van der Waals surface area contributed by atoms with Gasteiger partial charge in [-0.3, -0.25) is 4.79 Å². The number of hydrogen-bond acceptors (Lipinski definition) is 8. The number of unbranched alkanes of at least 4 members (excludes halogenated alkanes) is 31. The van der Waals surface area contributed by atoms with Gasteiger partial charge in [0.2, 0.25) is 5.91 Å². The number of amides is 1. The molecule has 7 atom stereocenters. The van der Waals surface area contributed by atoms with E-state index < -0.39 is 49.5 Å². The van der Waals surface area contributed by atoms with Crippen LogP contribution in [0.4, 0.5) is 0 Å². The molecule has 7 unspecified atom stereocenters. The van der Waals surface area contributed by atoms with Crippen molar-refractivity contribution < 1.29 is 39.8 Å². The smallest absolute Gasteiger partial charge is 0.220 e. The summed E-state index contributed by atoms with van der Waals surface area (Å²) in [4.78, 5) is 13.1. The monoisotopic (exact) mass is 1160 g/mol. The number of nitrogens with one attached hydrogen (secondary N) is 1. The van der Waals surface area contributed by atoms with Crippen LogP contribution in [0.25, 0.3) is 0 Å². The zero-order valence-corrected chi connectivity index (χ0v) is 53.4. The number of carbonyl (C=O) groups is 1. The third-order valence-electron chi connectivity index (χ3n) is 15.9. The van der Waals surface area contributed by atoms with Gasteiger partial charge in [0.15, 0.2) is 6.29 Å². The van der Waals surface area contributed by atoms with E-state index in [0.717, 1.165) is 96.3 Å². The van der Waals surface area contributed by atoms with Gasteiger partial charge in [0.25, 0.3) is 0 Å². The van der Waals surface area contributed by atoms with Gasteiger partial charge in [-0.1, -0.05) is 316 Å². The van der Waals surface area contributed by atoms with E-state index in [1.54, 1.807) is 0 Å². The van der Waals surface area contributed by atoms with E-state index in [1.165, 1.54) is 173 Å². The van der Waals surface area contributed by atoms with Crippen molar-refractivity contribution in [2.24, 2.45) is 0 Å². The Balaban J connectivity index is 2.10. The van der Waals surface area contributed by atoms with Gasteiger partial charge in [0.1, 0.15) is 24.4 Å². The summed E-state index contributed by atoms with van der Waals surface area (Å²) in [5.41, 5.74) is 0. The molecule has 1 rings (SSSR count). The molecule has 0 aromatic carbocycles. The SMILES string of the molecule is CC/C=C\C/C=C\C/C=C\C/C=C\C/C=C\C/C=C\C/C=C\C/C=C\C/C=C\CCCCCCCCCCCCCCCC(=O)NC(COC1OC(CO)C(O)C(O)C1O)C(O)CCCCCCCCCCCCCCCCCCCCC. The first-order chi connectivity index (χ1) is 40.8.